The van der Waals surface area contributed by atoms with Gasteiger partial charge in [-0.3, -0.25) is 9.69 Å². The van der Waals surface area contributed by atoms with E-state index in [4.69, 9.17) is 20.1 Å². The van der Waals surface area contributed by atoms with Gasteiger partial charge in [0.25, 0.3) is 11.8 Å². The number of carbonyl (C=O) groups is 1. The molecule has 3 aromatic heterocycles. The van der Waals surface area contributed by atoms with E-state index in [1.54, 1.807) is 6.20 Å². The SMILES string of the molecule is CCNc1nnc(-c2cnc(N3CCN(C4CCN(C(=O)c5ccc(CC)nc5N)CC4)[C@@H](CC)C3)c(C)n2)o1. The zero-order chi connectivity index (χ0) is 28.2. The molecule has 214 valence electrons. The lowest BCUT2D eigenvalue weighted by Crippen LogP contribution is -2.59. The molecule has 2 saturated heterocycles. The predicted octanol–water partition coefficient (Wildman–Crippen LogP) is 3.01. The van der Waals surface area contributed by atoms with E-state index in [9.17, 15) is 4.79 Å². The highest BCUT2D eigenvalue weighted by molar-refractivity contribution is 5.98. The van der Waals surface area contributed by atoms with E-state index < -0.39 is 0 Å². The molecule has 0 radical (unpaired) electrons. The minimum Gasteiger partial charge on any atom is -0.402 e. The van der Waals surface area contributed by atoms with Gasteiger partial charge in [-0.1, -0.05) is 18.9 Å². The number of hydrogen-bond donors (Lipinski definition) is 2. The summed E-state index contributed by atoms with van der Waals surface area (Å²) < 4.78 is 5.64. The molecule has 5 rings (SSSR count). The van der Waals surface area contributed by atoms with Crippen molar-refractivity contribution in [3.63, 3.8) is 0 Å². The minimum atomic E-state index is -0.0150. The maximum absolute atomic E-state index is 13.2. The number of nitrogens with one attached hydrogen (secondary N) is 1. The van der Waals surface area contributed by atoms with Crippen LogP contribution in [0.1, 0.15) is 61.8 Å². The predicted molar refractivity (Wildman–Crippen MR) is 154 cm³/mol. The summed E-state index contributed by atoms with van der Waals surface area (Å²) in [5.74, 6) is 1.57. The summed E-state index contributed by atoms with van der Waals surface area (Å²) in [4.78, 5) is 33.9. The maximum Gasteiger partial charge on any atom is 0.315 e. The molecule has 3 N–H and O–H groups in total. The van der Waals surface area contributed by atoms with Gasteiger partial charge in [0.15, 0.2) is 0 Å². The van der Waals surface area contributed by atoms with Gasteiger partial charge < -0.3 is 25.3 Å². The number of nitrogens with zero attached hydrogens (tertiary/aromatic N) is 8. The molecule has 5 heterocycles. The lowest BCUT2D eigenvalue weighted by molar-refractivity contribution is 0.0491. The van der Waals surface area contributed by atoms with Crippen LogP contribution in [0.4, 0.5) is 17.7 Å². The number of aryl methyl sites for hydroxylation is 2. The molecular formula is C28H40N10O2. The normalized spacial score (nSPS) is 18.8. The molecule has 0 aliphatic carbocycles. The summed E-state index contributed by atoms with van der Waals surface area (Å²) in [5.41, 5.74) is 8.94. The van der Waals surface area contributed by atoms with Crippen LogP contribution >= 0.6 is 0 Å². The zero-order valence-corrected chi connectivity index (χ0v) is 23.9. The standard InChI is InChI=1S/C28H40N10O2/c1-5-19-8-9-22(24(29)33-19)27(39)36-12-10-21(11-13-36)38-15-14-37(17-20(38)6-2)25-18(4)32-23(16-31-25)26-34-35-28(40-26)30-7-3/h8-9,16,20-21H,5-7,10-15,17H2,1-4H3,(H2,29,33)(H,30,35)/t20-/m0/s1. The fourth-order valence-electron chi connectivity index (χ4n) is 5.81. The number of carbonyl (C=O) groups excluding carboxylic acids is 1. The first kappa shape index (κ1) is 27.8. The van der Waals surface area contributed by atoms with Crippen molar-refractivity contribution < 1.29 is 9.21 Å². The van der Waals surface area contributed by atoms with Crippen molar-refractivity contribution in [3.05, 3.63) is 35.3 Å². The van der Waals surface area contributed by atoms with Crippen molar-refractivity contribution in [2.75, 3.05) is 55.2 Å². The average molecular weight is 549 g/mol. The van der Waals surface area contributed by atoms with Crippen LogP contribution < -0.4 is 16.0 Å². The molecule has 2 aliphatic rings. The van der Waals surface area contributed by atoms with E-state index in [1.165, 1.54) is 0 Å². The monoisotopic (exact) mass is 548 g/mol. The molecule has 2 fully saturated rings. The first-order valence-corrected chi connectivity index (χ1v) is 14.4. The quantitative estimate of drug-likeness (QED) is 0.429. The Labute approximate surface area is 235 Å². The Morgan fingerprint density at radius 3 is 2.58 bits per heavy atom. The van der Waals surface area contributed by atoms with Crippen LogP contribution in [0.2, 0.25) is 0 Å². The number of nitrogens with two attached hydrogens (primary N) is 1. The summed E-state index contributed by atoms with van der Waals surface area (Å²) in [7, 11) is 0. The van der Waals surface area contributed by atoms with Crippen LogP contribution in [0.25, 0.3) is 11.6 Å². The second-order valence-electron chi connectivity index (χ2n) is 10.5. The van der Waals surface area contributed by atoms with E-state index in [2.05, 4.69) is 37.2 Å². The number of likely N-dealkylation sites (tertiary alicyclic amines) is 1. The van der Waals surface area contributed by atoms with Gasteiger partial charge in [-0.05, 0) is 51.7 Å². The molecule has 40 heavy (non-hydrogen) atoms. The Kier molecular flexibility index (Phi) is 8.43. The van der Waals surface area contributed by atoms with E-state index in [1.807, 2.05) is 37.8 Å². The van der Waals surface area contributed by atoms with Gasteiger partial charge in [-0.25, -0.2) is 15.0 Å². The highest BCUT2D eigenvalue weighted by Crippen LogP contribution is 2.28. The fraction of sp³-hybridized carbons (Fsp3) is 0.571. The molecule has 1 amide bonds. The van der Waals surface area contributed by atoms with Crippen molar-refractivity contribution in [2.24, 2.45) is 0 Å². The topological polar surface area (TPSA) is 142 Å². The number of anilines is 3. The fourth-order valence-corrected chi connectivity index (χ4v) is 5.81. The summed E-state index contributed by atoms with van der Waals surface area (Å²) in [6.07, 6.45) is 5.46. The van der Waals surface area contributed by atoms with Crippen molar-refractivity contribution >= 4 is 23.6 Å². The molecule has 3 aromatic rings. The molecule has 0 saturated carbocycles. The van der Waals surface area contributed by atoms with Gasteiger partial charge in [0.2, 0.25) is 0 Å². The Hall–Kier alpha value is -3.80. The number of rotatable bonds is 8. The Morgan fingerprint density at radius 1 is 1.10 bits per heavy atom. The number of hydrogen-bond acceptors (Lipinski definition) is 11. The van der Waals surface area contributed by atoms with Gasteiger partial charge in [0, 0.05) is 57.0 Å². The van der Waals surface area contributed by atoms with Gasteiger partial charge >= 0.3 is 6.01 Å². The molecule has 0 aromatic carbocycles. The van der Waals surface area contributed by atoms with Gasteiger partial charge in [0.1, 0.15) is 17.3 Å². The van der Waals surface area contributed by atoms with Crippen LogP contribution in [0, 0.1) is 6.92 Å². The van der Waals surface area contributed by atoms with Crippen LogP contribution in [0.5, 0.6) is 0 Å². The Morgan fingerprint density at radius 2 is 1.90 bits per heavy atom. The van der Waals surface area contributed by atoms with Crippen LogP contribution in [0.15, 0.2) is 22.7 Å². The summed E-state index contributed by atoms with van der Waals surface area (Å²) in [6.45, 7) is 13.1. The first-order chi connectivity index (χ1) is 19.4. The smallest absolute Gasteiger partial charge is 0.315 e. The third-order valence-corrected chi connectivity index (χ3v) is 7.99. The first-order valence-electron chi connectivity index (χ1n) is 14.4. The number of aromatic nitrogens is 5. The maximum atomic E-state index is 13.2. The van der Waals surface area contributed by atoms with Gasteiger partial charge in [-0.15, -0.1) is 5.10 Å². The minimum absolute atomic E-state index is 0.0150. The largest absolute Gasteiger partial charge is 0.402 e. The van der Waals surface area contributed by atoms with E-state index in [-0.39, 0.29) is 5.91 Å². The van der Waals surface area contributed by atoms with E-state index in [0.717, 1.165) is 75.6 Å². The Bertz CT molecular complexity index is 1320. The second-order valence-corrected chi connectivity index (χ2v) is 10.5. The van der Waals surface area contributed by atoms with Crippen molar-refractivity contribution in [1.82, 2.24) is 34.9 Å². The lowest BCUT2D eigenvalue weighted by atomic mass is 9.97. The van der Waals surface area contributed by atoms with E-state index >= 15 is 0 Å². The summed E-state index contributed by atoms with van der Waals surface area (Å²) in [6, 6.07) is 4.95. The zero-order valence-electron chi connectivity index (χ0n) is 23.9. The van der Waals surface area contributed by atoms with Crippen molar-refractivity contribution in [3.8, 4) is 11.6 Å². The molecular weight excluding hydrogens is 508 g/mol. The van der Waals surface area contributed by atoms with Gasteiger partial charge in [0.05, 0.1) is 17.5 Å². The molecule has 12 nitrogen and oxygen atoms in total. The number of piperidine rings is 1. The number of piperazine rings is 1. The van der Waals surface area contributed by atoms with Gasteiger partial charge in [-0.2, -0.15) is 0 Å². The average Bonchev–Trinajstić information content (AvgIpc) is 3.45. The number of nitrogen functional groups attached to an aromatic ring is 1. The summed E-state index contributed by atoms with van der Waals surface area (Å²) >= 11 is 0. The molecule has 0 spiro atoms. The number of pyridine rings is 1. The molecule has 1 atom stereocenters. The van der Waals surface area contributed by atoms with Crippen LogP contribution in [-0.4, -0.2) is 92.2 Å². The summed E-state index contributed by atoms with van der Waals surface area (Å²) in [5, 5.41) is 11.1. The highest BCUT2D eigenvalue weighted by atomic mass is 16.4. The molecule has 2 aliphatic heterocycles. The van der Waals surface area contributed by atoms with E-state index in [0.29, 0.717) is 47.6 Å². The third kappa shape index (κ3) is 5.72. The van der Waals surface area contributed by atoms with Crippen LogP contribution in [0.3, 0.4) is 0 Å². The molecule has 12 heteroatoms. The second kappa shape index (κ2) is 12.2. The lowest BCUT2D eigenvalue weighted by Gasteiger charge is -2.47. The van der Waals surface area contributed by atoms with Crippen molar-refractivity contribution in [1.29, 1.82) is 0 Å². The molecule has 0 bridgehead atoms. The highest BCUT2D eigenvalue weighted by Gasteiger charge is 2.35. The number of amides is 1. The van der Waals surface area contributed by atoms with Crippen LogP contribution in [-0.2, 0) is 6.42 Å². The van der Waals surface area contributed by atoms with Crippen molar-refractivity contribution in [2.45, 2.75) is 65.5 Å². The Balaban J connectivity index is 1.19. The molecule has 0 unspecified atom stereocenters. The third-order valence-electron chi connectivity index (χ3n) is 7.99.